The predicted molar refractivity (Wildman–Crippen MR) is 485 cm³/mol. The zero-order valence-corrected chi connectivity index (χ0v) is 77.0. The molecule has 702 valence electrons. The summed E-state index contributed by atoms with van der Waals surface area (Å²) in [5.41, 5.74) is 1.74. The fraction of sp³-hybridized carbons (Fsp3) is 0.505. The lowest BCUT2D eigenvalue weighted by atomic mass is 9.90. The highest BCUT2D eigenvalue weighted by Gasteiger charge is 2.36. The van der Waals surface area contributed by atoms with Crippen LogP contribution < -0.4 is 85.1 Å². The summed E-state index contributed by atoms with van der Waals surface area (Å²) in [7, 11) is 0. The topological polar surface area (TPSA) is 521 Å². The lowest BCUT2D eigenvalue weighted by Gasteiger charge is -2.27. The van der Waals surface area contributed by atoms with E-state index in [0.29, 0.717) is 26.7 Å². The summed E-state index contributed by atoms with van der Waals surface area (Å²) in [5, 5.41) is 57.1. The second kappa shape index (κ2) is 51.5. The number of carbonyl (C=O) groups excluding carboxylic acids is 16. The van der Waals surface area contributed by atoms with Gasteiger partial charge in [-0.1, -0.05) is 156 Å². The van der Waals surface area contributed by atoms with Crippen molar-refractivity contribution in [3.63, 3.8) is 0 Å². The molecule has 6 rings (SSSR count). The third-order valence-corrected chi connectivity index (χ3v) is 21.8. The van der Waals surface area contributed by atoms with Crippen LogP contribution >= 0.6 is 23.2 Å². The molecule has 0 aliphatic rings. The van der Waals surface area contributed by atoms with Crippen molar-refractivity contribution in [2.24, 2.45) is 17.8 Å². The average Bonchev–Trinajstić information content (AvgIpc) is 0.739. The highest BCUT2D eigenvalue weighted by molar-refractivity contribution is 6.31. The number of unbranched alkanes of at least 4 members (excludes halogenated alkanes) is 2. The van der Waals surface area contributed by atoms with Crippen molar-refractivity contribution < 1.29 is 96.1 Å². The number of rotatable bonds is 50. The van der Waals surface area contributed by atoms with Gasteiger partial charge in [-0.25, -0.2) is 9.59 Å². The van der Waals surface area contributed by atoms with Crippen molar-refractivity contribution in [1.29, 1.82) is 0 Å². The molecule has 17 N–H and O–H groups in total. The number of halogens is 2. The maximum Gasteiger partial charge on any atom is 0.407 e. The molecule has 38 heteroatoms. The molecule has 0 saturated heterocycles. The molecular weight excluding hydrogens is 1710 g/mol. The van der Waals surface area contributed by atoms with Crippen molar-refractivity contribution in [2.45, 2.75) is 266 Å². The molecule has 0 spiro atoms. The predicted octanol–water partition coefficient (Wildman–Crippen LogP) is 5.82. The minimum Gasteiger partial charge on any atom is -0.480 e. The number of hydrogen-bond donors (Lipinski definition) is 17. The summed E-state index contributed by atoms with van der Waals surface area (Å²) in [4.78, 5) is 232. The van der Waals surface area contributed by atoms with Gasteiger partial charge in [-0.3, -0.25) is 71.9 Å². The first-order chi connectivity index (χ1) is 60.9. The second-order valence-corrected chi connectivity index (χ2v) is 34.4. The van der Waals surface area contributed by atoms with Gasteiger partial charge in [-0.15, -0.1) is 0 Å². The monoisotopic (exact) mass is 1830 g/mol. The van der Waals surface area contributed by atoms with Gasteiger partial charge in [0.2, 0.25) is 82.7 Å². The van der Waals surface area contributed by atoms with Gasteiger partial charge in [0.05, 0.1) is 0 Å². The average molecular weight is 1830 g/mol. The molecule has 0 aliphatic carbocycles. The third kappa shape index (κ3) is 34.2. The van der Waals surface area contributed by atoms with E-state index in [-0.39, 0.29) is 108 Å². The molecule has 0 fully saturated rings. The Kier molecular flexibility index (Phi) is 42.0. The lowest BCUT2D eigenvalue weighted by molar-refractivity contribution is -0.142. The number of carboxylic acid groups (broad SMARTS) is 1. The first-order valence-electron chi connectivity index (χ1n) is 43.3. The molecule has 6 aromatic carbocycles. The smallest absolute Gasteiger partial charge is 0.407 e. The van der Waals surface area contributed by atoms with Crippen LogP contribution in [0.15, 0.2) is 103 Å². The molecule has 129 heavy (non-hydrogen) atoms. The number of hydrogen-bond acceptors (Lipinski definition) is 19. The van der Waals surface area contributed by atoms with Gasteiger partial charge in [0.15, 0.2) is 0 Å². The quantitative estimate of drug-likeness (QED) is 0.0158. The van der Waals surface area contributed by atoms with Gasteiger partial charge < -0.3 is 99.6 Å². The van der Waals surface area contributed by atoms with Crippen molar-refractivity contribution in [3.8, 4) is 0 Å². The van der Waals surface area contributed by atoms with Gasteiger partial charge in [0.25, 0.3) is 0 Å². The van der Waals surface area contributed by atoms with E-state index >= 15 is 0 Å². The second-order valence-electron chi connectivity index (χ2n) is 33.6. The zero-order chi connectivity index (χ0) is 95.6. The Morgan fingerprint density at radius 2 is 0.597 bits per heavy atom. The molecule has 0 unspecified atom stereocenters. The highest BCUT2D eigenvalue weighted by Crippen LogP contribution is 2.36. The van der Waals surface area contributed by atoms with E-state index in [9.17, 15) is 86.6 Å². The van der Waals surface area contributed by atoms with Crippen LogP contribution in [0.1, 0.15) is 178 Å². The van der Waals surface area contributed by atoms with Crippen LogP contribution in [0.5, 0.6) is 0 Å². The standard InChI is InChI=1S/C91H124Cl2N16O20/c1-47(2)41-70(106-77(112)50(7)96-58(15)110)86(121)101-53(10)78(113)104-68(31-20-22-39-94-90(126)128-45-63-25-16-18-29-66(63)92)83(118)98-55(12)81(116)107-71(42-48(3)4)85(120)100-51(8)76(111)97-52(9)80(115)109-73(44-62-36-35-61-34-33-59-27-24-28-60-37-38-65(62)75(61)74(59)60)88(123)102-54(11)79(114)105-69(32-21-23-40-95-91(127)129-46-64-26-17-19-30-67(64)93)84(119)99-56(13)82(117)108-72(43-49(5)6)87(122)103-57(14)89(124)125/h16-19,24-30,33-38,47-57,68-73H,20-23,31-32,39-46H2,1-15H3,(H,94,126)(H,95,127)(H,96,110)(H,97,111)(H,98,118)(H,99,119)(H,100,120)(H,101,121)(H,102,123)(H,103,122)(H,104,113)(H,105,114)(H,106,112)(H,107,116)(H,108,117)(H,109,115)(H,124,125)/t50-,51-,52-,53-,54-,55-,56-,57-,68-,69-,70-,71-,72-,73-/m0/s1. The Bertz CT molecular complexity index is 4940. The van der Waals surface area contributed by atoms with E-state index < -0.39 is 185 Å². The number of benzene rings is 6. The van der Waals surface area contributed by atoms with Crippen LogP contribution in [0.2, 0.25) is 10.0 Å². The van der Waals surface area contributed by atoms with E-state index in [2.05, 4.69) is 85.1 Å². The van der Waals surface area contributed by atoms with Crippen LogP contribution in [-0.4, -0.2) is 204 Å². The first kappa shape index (κ1) is 105. The molecule has 0 heterocycles. The maximum absolute atomic E-state index is 15.0. The van der Waals surface area contributed by atoms with E-state index in [0.717, 1.165) is 32.3 Å². The van der Waals surface area contributed by atoms with Crippen LogP contribution in [0.3, 0.4) is 0 Å². The lowest BCUT2D eigenvalue weighted by Crippen LogP contribution is -2.60. The number of amides is 16. The van der Waals surface area contributed by atoms with Gasteiger partial charge in [-0.05, 0) is 181 Å². The van der Waals surface area contributed by atoms with E-state index in [1.807, 2.05) is 62.4 Å². The summed E-state index contributed by atoms with van der Waals surface area (Å²) in [6.45, 7) is 22.5. The summed E-state index contributed by atoms with van der Waals surface area (Å²) in [5.74, 6) is -13.2. The molecule has 14 atom stereocenters. The minimum absolute atomic E-state index is 0.00521. The van der Waals surface area contributed by atoms with Crippen molar-refractivity contribution in [1.82, 2.24) is 85.1 Å². The normalized spacial score (nSPS) is 14.5. The number of carboxylic acids is 1. The van der Waals surface area contributed by atoms with Gasteiger partial charge in [-0.2, -0.15) is 0 Å². The third-order valence-electron chi connectivity index (χ3n) is 21.0. The summed E-state index contributed by atoms with van der Waals surface area (Å²) >= 11 is 12.4. The maximum atomic E-state index is 15.0. The summed E-state index contributed by atoms with van der Waals surface area (Å²) in [6, 6.07) is 12.3. The largest absolute Gasteiger partial charge is 0.480 e. The number of ether oxygens (including phenoxy) is 2. The Morgan fingerprint density at radius 3 is 0.953 bits per heavy atom. The summed E-state index contributed by atoms with van der Waals surface area (Å²) < 4.78 is 10.6. The fourth-order valence-electron chi connectivity index (χ4n) is 13.8. The Labute approximate surface area is 760 Å². The van der Waals surface area contributed by atoms with Gasteiger partial charge in [0, 0.05) is 47.6 Å². The molecule has 0 saturated carbocycles. The SMILES string of the molecule is CC(=O)N[C@@H](C)C(=O)N[C@@H](CC(C)C)C(=O)N[C@@H](C)C(=O)N[C@@H](CCCCNC(=O)OCc1ccccc1Cl)C(=O)N[C@@H](C)C(=O)N[C@@H](CC(C)C)C(=O)N[C@@H](C)C(=O)N[C@@H](C)C(=O)N[C@@H](Cc1ccc2ccc3cccc4ccc1c2c34)C(=O)N[C@@H](C)C(=O)N[C@@H](CCCCNC(=O)OCc1ccccc1Cl)C(=O)N[C@@H](C)C(=O)N[C@@H](CC(C)C)C(=O)N[C@@H](C)C(=O)O. The molecule has 36 nitrogen and oxygen atoms in total. The van der Waals surface area contributed by atoms with Crippen LogP contribution in [0.25, 0.3) is 32.3 Å². The highest BCUT2D eigenvalue weighted by atomic mass is 35.5. The van der Waals surface area contributed by atoms with Crippen molar-refractivity contribution >= 4 is 156 Å². The fourth-order valence-corrected chi connectivity index (χ4v) is 14.2. The number of alkyl carbamates (subject to hydrolysis) is 2. The Balaban J connectivity index is 1.16. The van der Waals surface area contributed by atoms with Gasteiger partial charge >= 0.3 is 18.2 Å². The Hall–Kier alpha value is -12.5. The molecule has 0 radical (unpaired) electrons. The molecular formula is C91H124Cl2N16O20. The van der Waals surface area contributed by atoms with E-state index in [4.69, 9.17) is 32.7 Å². The molecule has 0 bridgehead atoms. The van der Waals surface area contributed by atoms with Crippen molar-refractivity contribution in [3.05, 3.63) is 130 Å². The van der Waals surface area contributed by atoms with Crippen LogP contribution in [0, 0.1) is 17.8 Å². The first-order valence-corrected chi connectivity index (χ1v) is 44.1. The van der Waals surface area contributed by atoms with Crippen LogP contribution in [-0.2, 0) is 101 Å². The summed E-state index contributed by atoms with van der Waals surface area (Å²) in [6.07, 6.45) is -0.762. The van der Waals surface area contributed by atoms with E-state index in [1.165, 1.54) is 62.3 Å². The van der Waals surface area contributed by atoms with Crippen molar-refractivity contribution in [2.75, 3.05) is 13.1 Å². The zero-order valence-electron chi connectivity index (χ0n) is 75.5. The number of nitrogens with one attached hydrogen (secondary N) is 16. The number of aliphatic carboxylic acids is 1. The Morgan fingerprint density at radius 1 is 0.302 bits per heavy atom. The van der Waals surface area contributed by atoms with Crippen LogP contribution in [0.4, 0.5) is 9.59 Å². The molecule has 6 aromatic rings. The number of carbonyl (C=O) groups is 17. The molecule has 16 amide bonds. The minimum atomic E-state index is -1.50. The molecule has 0 aliphatic heterocycles. The molecule has 0 aromatic heterocycles. The van der Waals surface area contributed by atoms with Gasteiger partial charge in [0.1, 0.15) is 97.8 Å². The van der Waals surface area contributed by atoms with E-state index in [1.54, 1.807) is 82.3 Å².